The van der Waals surface area contributed by atoms with E-state index in [1.165, 1.54) is 0 Å². The predicted octanol–water partition coefficient (Wildman–Crippen LogP) is 0.610. The molecule has 0 amide bonds. The van der Waals surface area contributed by atoms with Crippen LogP contribution in [0, 0.1) is 6.57 Å². The smallest absolute Gasteiger partial charge is 0.314 e. The second-order valence-corrected chi connectivity index (χ2v) is 2.10. The maximum Gasteiger partial charge on any atom is 0.314 e. The summed E-state index contributed by atoms with van der Waals surface area (Å²) in [4.78, 5) is 13.7. The summed E-state index contributed by atoms with van der Waals surface area (Å²) < 4.78 is 4.71. The maximum atomic E-state index is 10.5. The number of hydrogen-bond acceptors (Lipinski definition) is 2. The molecular weight excluding hydrogens is 118 g/mol. The Morgan fingerprint density at radius 1 is 1.89 bits per heavy atom. The van der Waals surface area contributed by atoms with Gasteiger partial charge < -0.3 is 9.58 Å². The van der Waals surface area contributed by atoms with E-state index in [-0.39, 0.29) is 24.5 Å². The molecule has 0 saturated carbocycles. The van der Waals surface area contributed by atoms with Gasteiger partial charge >= 0.3 is 5.97 Å². The van der Waals surface area contributed by atoms with Crippen LogP contribution in [0.2, 0.25) is 0 Å². The van der Waals surface area contributed by atoms with Crippen molar-refractivity contribution in [3.8, 4) is 0 Å². The number of rotatable bonds is 0. The molecule has 2 unspecified atom stereocenters. The molecule has 1 aliphatic heterocycles. The minimum absolute atomic E-state index is 0.199. The van der Waals surface area contributed by atoms with E-state index >= 15 is 0 Å². The second kappa shape index (κ2) is 2.06. The van der Waals surface area contributed by atoms with E-state index in [9.17, 15) is 4.79 Å². The van der Waals surface area contributed by atoms with Gasteiger partial charge in [-0.1, -0.05) is 0 Å². The van der Waals surface area contributed by atoms with Crippen molar-refractivity contribution in [3.63, 3.8) is 0 Å². The van der Waals surface area contributed by atoms with Crippen molar-refractivity contribution in [1.29, 1.82) is 0 Å². The molecule has 1 heterocycles. The van der Waals surface area contributed by atoms with Crippen LogP contribution in [0.1, 0.15) is 13.3 Å². The first-order valence-electron chi connectivity index (χ1n) is 2.80. The molecule has 3 heteroatoms. The lowest BCUT2D eigenvalue weighted by atomic mass is 10.2. The molecule has 1 saturated heterocycles. The van der Waals surface area contributed by atoms with E-state index in [1.54, 1.807) is 6.92 Å². The molecule has 0 bridgehead atoms. The molecule has 0 radical (unpaired) electrons. The number of cyclic esters (lactones) is 1. The summed E-state index contributed by atoms with van der Waals surface area (Å²) in [6.07, 6.45) is 0.0694. The van der Waals surface area contributed by atoms with Gasteiger partial charge in [0.1, 0.15) is 6.42 Å². The highest BCUT2D eigenvalue weighted by Crippen LogP contribution is 2.16. The van der Waals surface area contributed by atoms with Crippen LogP contribution in [0.3, 0.4) is 0 Å². The van der Waals surface area contributed by atoms with Gasteiger partial charge in [-0.15, -0.1) is 0 Å². The number of hydrogen-bond donors (Lipinski definition) is 0. The van der Waals surface area contributed by atoms with Gasteiger partial charge in [0.2, 0.25) is 0 Å². The van der Waals surface area contributed by atoms with Gasteiger partial charge in [-0.05, 0) is 6.92 Å². The summed E-state index contributed by atoms with van der Waals surface area (Å²) in [6.45, 7) is 8.36. The second-order valence-electron chi connectivity index (χ2n) is 2.10. The normalized spacial score (nSPS) is 33.6. The van der Waals surface area contributed by atoms with E-state index in [1.807, 2.05) is 0 Å². The molecule has 0 aromatic heterocycles. The molecule has 9 heavy (non-hydrogen) atoms. The van der Waals surface area contributed by atoms with E-state index in [0.717, 1.165) is 0 Å². The Balaban J connectivity index is 2.60. The molecule has 0 spiro atoms. The average Bonchev–Trinajstić information content (AvgIpc) is 2.10. The van der Waals surface area contributed by atoms with Gasteiger partial charge in [-0.25, -0.2) is 6.57 Å². The average molecular weight is 125 g/mol. The first kappa shape index (κ1) is 6.09. The third kappa shape index (κ3) is 1.02. The maximum absolute atomic E-state index is 10.5. The van der Waals surface area contributed by atoms with Crippen molar-refractivity contribution < 1.29 is 9.53 Å². The highest BCUT2D eigenvalue weighted by atomic mass is 16.5. The Bertz CT molecular complexity index is 170. The zero-order valence-electron chi connectivity index (χ0n) is 5.13. The molecule has 1 fully saturated rings. The summed E-state index contributed by atoms with van der Waals surface area (Å²) in [6, 6.07) is -0.238. The Hall–Kier alpha value is -1.04. The molecular formula is C6H7NO2. The summed E-state index contributed by atoms with van der Waals surface area (Å²) in [5, 5.41) is 0. The first-order valence-corrected chi connectivity index (χ1v) is 2.80. The number of esters is 1. The molecule has 0 aliphatic carbocycles. The SMILES string of the molecule is [C-]#[N+]C1CC(=O)OC1C. The van der Waals surface area contributed by atoms with Crippen LogP contribution in [0.15, 0.2) is 0 Å². The Kier molecular flexibility index (Phi) is 1.39. The molecule has 48 valence electrons. The van der Waals surface area contributed by atoms with Crippen molar-refractivity contribution >= 4 is 5.97 Å². The highest BCUT2D eigenvalue weighted by molar-refractivity contribution is 5.73. The van der Waals surface area contributed by atoms with Crippen LogP contribution in [-0.4, -0.2) is 18.1 Å². The fourth-order valence-electron chi connectivity index (χ4n) is 0.821. The number of carbonyl (C=O) groups is 1. The van der Waals surface area contributed by atoms with Crippen LogP contribution >= 0.6 is 0 Å². The monoisotopic (exact) mass is 125 g/mol. The quantitative estimate of drug-likeness (QED) is 0.351. The standard InChI is InChI=1S/C6H7NO2/c1-4-5(7-2)3-6(8)9-4/h4-5H,3H2,1H3. The zero-order chi connectivity index (χ0) is 6.85. The van der Waals surface area contributed by atoms with E-state index < -0.39 is 0 Å². The summed E-state index contributed by atoms with van der Waals surface area (Å²) >= 11 is 0. The lowest BCUT2D eigenvalue weighted by Gasteiger charge is -1.98. The molecule has 0 aromatic carbocycles. The first-order chi connectivity index (χ1) is 4.24. The van der Waals surface area contributed by atoms with E-state index in [2.05, 4.69) is 4.85 Å². The molecule has 1 rings (SSSR count). The van der Waals surface area contributed by atoms with Crippen LogP contribution in [0.25, 0.3) is 4.85 Å². The van der Waals surface area contributed by atoms with Crippen LogP contribution in [0.5, 0.6) is 0 Å². The number of nitrogens with zero attached hydrogens (tertiary/aromatic N) is 1. The lowest BCUT2D eigenvalue weighted by Crippen LogP contribution is -2.12. The van der Waals surface area contributed by atoms with Crippen LogP contribution < -0.4 is 0 Å². The Labute approximate surface area is 53.4 Å². The third-order valence-electron chi connectivity index (χ3n) is 1.40. The van der Waals surface area contributed by atoms with Crippen molar-refractivity contribution in [2.24, 2.45) is 0 Å². The molecule has 3 nitrogen and oxygen atoms in total. The van der Waals surface area contributed by atoms with Gasteiger partial charge in [0.25, 0.3) is 6.04 Å². The topological polar surface area (TPSA) is 30.7 Å². The fraction of sp³-hybridized carbons (Fsp3) is 0.667. The van der Waals surface area contributed by atoms with Gasteiger partial charge in [-0.2, -0.15) is 0 Å². The summed E-state index contributed by atoms with van der Waals surface area (Å²) in [5.41, 5.74) is 0. The van der Waals surface area contributed by atoms with Crippen LogP contribution in [0.4, 0.5) is 0 Å². The molecule has 0 aromatic rings. The Morgan fingerprint density at radius 3 is 2.78 bits per heavy atom. The van der Waals surface area contributed by atoms with Crippen molar-refractivity contribution in [3.05, 3.63) is 11.4 Å². The zero-order valence-corrected chi connectivity index (χ0v) is 5.13. The molecule has 0 N–H and O–H groups in total. The lowest BCUT2D eigenvalue weighted by molar-refractivity contribution is -0.140. The minimum atomic E-state index is -0.247. The molecule has 2 atom stereocenters. The Morgan fingerprint density at radius 2 is 2.56 bits per heavy atom. The predicted molar refractivity (Wildman–Crippen MR) is 30.6 cm³/mol. The van der Waals surface area contributed by atoms with Crippen molar-refractivity contribution in [2.45, 2.75) is 25.5 Å². The van der Waals surface area contributed by atoms with Gasteiger partial charge in [0.05, 0.1) is 0 Å². The van der Waals surface area contributed by atoms with Gasteiger partial charge in [-0.3, -0.25) is 4.79 Å². The van der Waals surface area contributed by atoms with Gasteiger partial charge in [0.15, 0.2) is 6.10 Å². The minimum Gasteiger partial charge on any atom is -0.454 e. The van der Waals surface area contributed by atoms with Crippen LogP contribution in [-0.2, 0) is 9.53 Å². The number of ether oxygens (including phenoxy) is 1. The molecule has 1 aliphatic rings. The number of carbonyl (C=O) groups excluding carboxylic acids is 1. The fourth-order valence-corrected chi connectivity index (χ4v) is 0.821. The third-order valence-corrected chi connectivity index (χ3v) is 1.40. The van der Waals surface area contributed by atoms with Crippen molar-refractivity contribution in [1.82, 2.24) is 0 Å². The van der Waals surface area contributed by atoms with E-state index in [4.69, 9.17) is 11.3 Å². The van der Waals surface area contributed by atoms with Crippen molar-refractivity contribution in [2.75, 3.05) is 0 Å². The highest BCUT2D eigenvalue weighted by Gasteiger charge is 2.35. The van der Waals surface area contributed by atoms with E-state index in [0.29, 0.717) is 0 Å². The summed E-state index contributed by atoms with van der Waals surface area (Å²) in [7, 11) is 0. The largest absolute Gasteiger partial charge is 0.454 e. The summed E-state index contributed by atoms with van der Waals surface area (Å²) in [5.74, 6) is -0.247. The van der Waals surface area contributed by atoms with Gasteiger partial charge in [0, 0.05) is 0 Å².